The molecule has 1 aliphatic heterocycles. The number of benzene rings is 1. The first-order valence-corrected chi connectivity index (χ1v) is 7.74. The van der Waals surface area contributed by atoms with Crippen molar-refractivity contribution >= 4 is 5.91 Å². The molecule has 1 aliphatic rings. The molecule has 1 aromatic rings. The van der Waals surface area contributed by atoms with Crippen molar-refractivity contribution in [3.63, 3.8) is 0 Å². The summed E-state index contributed by atoms with van der Waals surface area (Å²) in [6, 6.07) is 7.04. The number of rotatable bonds is 5. The zero-order valence-electron chi connectivity index (χ0n) is 12.8. The molecule has 4 nitrogen and oxygen atoms in total. The van der Waals surface area contributed by atoms with E-state index in [9.17, 15) is 9.90 Å². The maximum Gasteiger partial charge on any atom is 0.224 e. The molecule has 1 heterocycles. The van der Waals surface area contributed by atoms with Crippen molar-refractivity contribution in [3.05, 3.63) is 29.8 Å². The van der Waals surface area contributed by atoms with Gasteiger partial charge in [0.1, 0.15) is 5.75 Å². The second-order valence-corrected chi connectivity index (χ2v) is 6.16. The largest absolute Gasteiger partial charge is 0.508 e. The third-order valence-electron chi connectivity index (χ3n) is 3.83. The van der Waals surface area contributed by atoms with Crippen molar-refractivity contribution in [2.45, 2.75) is 51.7 Å². The minimum absolute atomic E-state index is 0.0549. The quantitative estimate of drug-likeness (QED) is 0.877. The van der Waals surface area contributed by atoms with Crippen LogP contribution in [-0.2, 0) is 16.0 Å². The van der Waals surface area contributed by atoms with E-state index < -0.39 is 0 Å². The second kappa shape index (κ2) is 7.46. The van der Waals surface area contributed by atoms with Gasteiger partial charge in [-0.05, 0) is 31.2 Å². The Bertz CT molecular complexity index is 473. The minimum Gasteiger partial charge on any atom is -0.508 e. The van der Waals surface area contributed by atoms with Gasteiger partial charge < -0.3 is 15.2 Å². The zero-order valence-corrected chi connectivity index (χ0v) is 12.8. The molecule has 0 radical (unpaired) electrons. The Balaban J connectivity index is 1.92. The van der Waals surface area contributed by atoms with E-state index in [1.54, 1.807) is 18.2 Å². The predicted molar refractivity (Wildman–Crippen MR) is 82.2 cm³/mol. The molecule has 2 rings (SSSR count). The number of phenols is 1. The molecule has 0 saturated carbocycles. The van der Waals surface area contributed by atoms with Crippen LogP contribution in [0.3, 0.4) is 0 Å². The Morgan fingerprint density at radius 3 is 2.90 bits per heavy atom. The fourth-order valence-electron chi connectivity index (χ4n) is 2.79. The fourth-order valence-corrected chi connectivity index (χ4v) is 2.79. The molecule has 1 aromatic carbocycles. The predicted octanol–water partition coefficient (Wildman–Crippen LogP) is 2.64. The maximum atomic E-state index is 12.2. The van der Waals surface area contributed by atoms with E-state index in [4.69, 9.17) is 4.74 Å². The summed E-state index contributed by atoms with van der Waals surface area (Å²) in [7, 11) is 0. The van der Waals surface area contributed by atoms with Gasteiger partial charge in [-0.1, -0.05) is 32.0 Å². The molecule has 0 aromatic heterocycles. The first kappa shape index (κ1) is 15.8. The van der Waals surface area contributed by atoms with E-state index in [1.165, 1.54) is 0 Å². The lowest BCUT2D eigenvalue weighted by Crippen LogP contribution is -2.48. The minimum atomic E-state index is -0.0549. The SMILES string of the molecule is CC(C)C[C@H]1OCCC[C@H]1NC(=O)Cc1ccccc1O. The van der Waals surface area contributed by atoms with Gasteiger partial charge in [0.2, 0.25) is 5.91 Å². The maximum absolute atomic E-state index is 12.2. The standard InChI is InChI=1S/C17H25NO3/c1-12(2)10-16-14(7-5-9-21-16)18-17(20)11-13-6-3-4-8-15(13)19/h3-4,6,8,12,14,16,19H,5,7,9-11H2,1-2H3,(H,18,20)/t14-,16-/m1/s1. The molecule has 4 heteroatoms. The summed E-state index contributed by atoms with van der Waals surface area (Å²) in [5.74, 6) is 0.665. The van der Waals surface area contributed by atoms with Crippen LogP contribution in [0.5, 0.6) is 5.75 Å². The number of carbonyl (C=O) groups is 1. The molecule has 21 heavy (non-hydrogen) atoms. The Morgan fingerprint density at radius 1 is 1.43 bits per heavy atom. The van der Waals surface area contributed by atoms with Gasteiger partial charge in [-0.25, -0.2) is 0 Å². The zero-order chi connectivity index (χ0) is 15.2. The van der Waals surface area contributed by atoms with Crippen LogP contribution in [0.15, 0.2) is 24.3 Å². The van der Waals surface area contributed by atoms with Gasteiger partial charge in [0.25, 0.3) is 0 Å². The van der Waals surface area contributed by atoms with E-state index in [0.29, 0.717) is 11.5 Å². The molecular weight excluding hydrogens is 266 g/mol. The lowest BCUT2D eigenvalue weighted by Gasteiger charge is -2.33. The Morgan fingerprint density at radius 2 is 2.19 bits per heavy atom. The summed E-state index contributed by atoms with van der Waals surface area (Å²) >= 11 is 0. The molecule has 0 bridgehead atoms. The third-order valence-corrected chi connectivity index (χ3v) is 3.83. The molecule has 116 valence electrons. The second-order valence-electron chi connectivity index (χ2n) is 6.16. The first-order chi connectivity index (χ1) is 10.1. The Labute approximate surface area is 126 Å². The molecule has 0 spiro atoms. The van der Waals surface area contributed by atoms with Crippen molar-refractivity contribution < 1.29 is 14.6 Å². The van der Waals surface area contributed by atoms with Gasteiger partial charge in [-0.15, -0.1) is 0 Å². The van der Waals surface area contributed by atoms with Crippen LogP contribution < -0.4 is 5.32 Å². The van der Waals surface area contributed by atoms with E-state index in [-0.39, 0.29) is 30.2 Å². The van der Waals surface area contributed by atoms with Gasteiger partial charge in [0, 0.05) is 12.2 Å². The van der Waals surface area contributed by atoms with Crippen LogP contribution in [0.2, 0.25) is 0 Å². The van der Waals surface area contributed by atoms with Gasteiger partial charge in [-0.3, -0.25) is 4.79 Å². The summed E-state index contributed by atoms with van der Waals surface area (Å²) in [5.41, 5.74) is 0.659. The monoisotopic (exact) mass is 291 g/mol. The Kier molecular flexibility index (Phi) is 5.62. The number of hydrogen-bond acceptors (Lipinski definition) is 3. The number of para-hydroxylation sites is 1. The van der Waals surface area contributed by atoms with E-state index in [2.05, 4.69) is 19.2 Å². The number of carbonyl (C=O) groups excluding carboxylic acids is 1. The molecule has 0 aliphatic carbocycles. The van der Waals surface area contributed by atoms with Gasteiger partial charge in [-0.2, -0.15) is 0 Å². The lowest BCUT2D eigenvalue weighted by molar-refractivity contribution is -0.123. The highest BCUT2D eigenvalue weighted by Gasteiger charge is 2.27. The third kappa shape index (κ3) is 4.74. The van der Waals surface area contributed by atoms with E-state index in [1.807, 2.05) is 6.07 Å². The number of aromatic hydroxyl groups is 1. The summed E-state index contributed by atoms with van der Waals surface area (Å²) in [5, 5.41) is 12.8. The molecule has 2 N–H and O–H groups in total. The van der Waals surface area contributed by atoms with E-state index >= 15 is 0 Å². The molecule has 0 unspecified atom stereocenters. The average molecular weight is 291 g/mol. The summed E-state index contributed by atoms with van der Waals surface area (Å²) in [4.78, 5) is 12.2. The summed E-state index contributed by atoms with van der Waals surface area (Å²) < 4.78 is 5.81. The highest BCUT2D eigenvalue weighted by Crippen LogP contribution is 2.21. The van der Waals surface area contributed by atoms with Crippen molar-refractivity contribution in [1.82, 2.24) is 5.32 Å². The van der Waals surface area contributed by atoms with Crippen molar-refractivity contribution in [2.24, 2.45) is 5.92 Å². The molecule has 1 fully saturated rings. The highest BCUT2D eigenvalue weighted by molar-refractivity contribution is 5.79. The topological polar surface area (TPSA) is 58.6 Å². The van der Waals surface area contributed by atoms with Gasteiger partial charge >= 0.3 is 0 Å². The lowest BCUT2D eigenvalue weighted by atomic mass is 9.94. The van der Waals surface area contributed by atoms with Crippen molar-refractivity contribution in [3.8, 4) is 5.75 Å². The fraction of sp³-hybridized carbons (Fsp3) is 0.588. The molecular formula is C17H25NO3. The van der Waals surface area contributed by atoms with Crippen LogP contribution in [0, 0.1) is 5.92 Å². The molecule has 2 atom stereocenters. The first-order valence-electron chi connectivity index (χ1n) is 7.74. The number of hydrogen-bond donors (Lipinski definition) is 2. The average Bonchev–Trinajstić information content (AvgIpc) is 2.43. The van der Waals surface area contributed by atoms with Crippen LogP contribution in [0.4, 0.5) is 0 Å². The van der Waals surface area contributed by atoms with Crippen LogP contribution in [-0.4, -0.2) is 29.8 Å². The van der Waals surface area contributed by atoms with Crippen molar-refractivity contribution in [2.75, 3.05) is 6.61 Å². The van der Waals surface area contributed by atoms with Crippen LogP contribution in [0.25, 0.3) is 0 Å². The van der Waals surface area contributed by atoms with Gasteiger partial charge in [0.05, 0.1) is 18.6 Å². The van der Waals surface area contributed by atoms with E-state index in [0.717, 1.165) is 25.9 Å². The number of nitrogens with one attached hydrogen (secondary N) is 1. The normalized spacial score (nSPS) is 22.2. The number of ether oxygens (including phenoxy) is 1. The number of phenolic OH excluding ortho intramolecular Hbond substituents is 1. The molecule has 1 amide bonds. The van der Waals surface area contributed by atoms with Gasteiger partial charge in [0.15, 0.2) is 0 Å². The van der Waals surface area contributed by atoms with Crippen LogP contribution >= 0.6 is 0 Å². The smallest absolute Gasteiger partial charge is 0.224 e. The van der Waals surface area contributed by atoms with Crippen LogP contribution in [0.1, 0.15) is 38.7 Å². The summed E-state index contributed by atoms with van der Waals surface area (Å²) in [6.45, 7) is 5.11. The molecule has 1 saturated heterocycles. The Hall–Kier alpha value is -1.55. The number of amides is 1. The summed E-state index contributed by atoms with van der Waals surface area (Å²) in [6.07, 6.45) is 3.21. The highest BCUT2D eigenvalue weighted by atomic mass is 16.5. The van der Waals surface area contributed by atoms with Crippen molar-refractivity contribution in [1.29, 1.82) is 0 Å².